The zero-order valence-electron chi connectivity index (χ0n) is 11.3. The smallest absolute Gasteiger partial charge is 0.174 e. The molecule has 0 saturated carbocycles. The molecule has 2 fully saturated rings. The number of fused-ring (bicyclic) bond motifs is 1. The predicted octanol–water partition coefficient (Wildman–Crippen LogP) is 1.94. The summed E-state index contributed by atoms with van der Waals surface area (Å²) in [5.74, 6) is 0.838. The number of benzene rings is 1. The van der Waals surface area contributed by atoms with Gasteiger partial charge < -0.3 is 14.6 Å². The van der Waals surface area contributed by atoms with Crippen molar-refractivity contribution >= 4 is 0 Å². The number of hydrogen-bond acceptors (Lipinski definition) is 4. The summed E-state index contributed by atoms with van der Waals surface area (Å²) in [5, 5.41) is 10.2. The molecule has 104 valence electrons. The van der Waals surface area contributed by atoms with Gasteiger partial charge in [0.1, 0.15) is 5.75 Å². The molecule has 0 spiro atoms. The number of ether oxygens (including phenoxy) is 2. The molecule has 1 N–H and O–H groups in total. The molecule has 0 radical (unpaired) electrons. The second-order valence-corrected chi connectivity index (χ2v) is 5.33. The van der Waals surface area contributed by atoms with Crippen LogP contribution in [0.5, 0.6) is 5.75 Å². The molecule has 0 bridgehead atoms. The Hall–Kier alpha value is -1.10. The molecule has 1 aromatic carbocycles. The third-order valence-electron chi connectivity index (χ3n) is 4.22. The number of aliphatic hydroxyl groups is 1. The highest BCUT2D eigenvalue weighted by Gasteiger charge is 2.39. The molecule has 3 unspecified atom stereocenters. The number of methoxy groups -OCH3 is 1. The van der Waals surface area contributed by atoms with Crippen LogP contribution in [0.25, 0.3) is 0 Å². The monoisotopic (exact) mass is 263 g/mol. The molecule has 0 aliphatic carbocycles. The lowest BCUT2D eigenvalue weighted by atomic mass is 9.94. The van der Waals surface area contributed by atoms with Crippen LogP contribution in [0.1, 0.15) is 30.9 Å². The van der Waals surface area contributed by atoms with E-state index in [0.717, 1.165) is 17.9 Å². The quantitative estimate of drug-likeness (QED) is 0.885. The van der Waals surface area contributed by atoms with Crippen LogP contribution in [-0.2, 0) is 4.74 Å². The van der Waals surface area contributed by atoms with Gasteiger partial charge in [-0.3, -0.25) is 4.90 Å². The molecule has 0 aromatic heterocycles. The van der Waals surface area contributed by atoms with Crippen LogP contribution in [0.3, 0.4) is 0 Å². The summed E-state index contributed by atoms with van der Waals surface area (Å²) in [6.45, 7) is 1.69. The first-order valence-electron chi connectivity index (χ1n) is 6.99. The lowest BCUT2D eigenvalue weighted by molar-refractivity contribution is -0.207. The van der Waals surface area contributed by atoms with Gasteiger partial charge in [-0.2, -0.15) is 0 Å². The maximum atomic E-state index is 10.2. The van der Waals surface area contributed by atoms with Crippen LogP contribution in [0, 0.1) is 0 Å². The van der Waals surface area contributed by atoms with Gasteiger partial charge in [-0.1, -0.05) is 18.6 Å². The minimum atomic E-state index is -0.734. The zero-order valence-corrected chi connectivity index (χ0v) is 11.3. The van der Waals surface area contributed by atoms with Crippen LogP contribution >= 0.6 is 0 Å². The van der Waals surface area contributed by atoms with Crippen molar-refractivity contribution in [2.24, 2.45) is 0 Å². The van der Waals surface area contributed by atoms with E-state index in [0.29, 0.717) is 12.6 Å². The van der Waals surface area contributed by atoms with Gasteiger partial charge in [0.15, 0.2) is 6.29 Å². The molecule has 1 aromatic rings. The first-order chi connectivity index (χ1) is 9.29. The SMILES string of the molecule is COc1ccc(C2C(O)OCC3CCCCN32)cc1. The van der Waals surface area contributed by atoms with E-state index in [9.17, 15) is 5.11 Å². The maximum Gasteiger partial charge on any atom is 0.174 e. The van der Waals surface area contributed by atoms with Gasteiger partial charge in [0.2, 0.25) is 0 Å². The van der Waals surface area contributed by atoms with Crippen molar-refractivity contribution in [3.8, 4) is 5.75 Å². The molecule has 3 rings (SSSR count). The highest BCUT2D eigenvalue weighted by Crippen LogP contribution is 2.35. The van der Waals surface area contributed by atoms with Crippen LogP contribution in [0.15, 0.2) is 24.3 Å². The fourth-order valence-electron chi connectivity index (χ4n) is 3.19. The van der Waals surface area contributed by atoms with Gasteiger partial charge in [-0.15, -0.1) is 0 Å². The van der Waals surface area contributed by atoms with Gasteiger partial charge in [0, 0.05) is 6.04 Å². The van der Waals surface area contributed by atoms with Gasteiger partial charge in [-0.25, -0.2) is 0 Å². The van der Waals surface area contributed by atoms with Crippen molar-refractivity contribution in [3.63, 3.8) is 0 Å². The predicted molar refractivity (Wildman–Crippen MR) is 72.0 cm³/mol. The van der Waals surface area contributed by atoms with E-state index in [1.54, 1.807) is 7.11 Å². The third-order valence-corrected chi connectivity index (χ3v) is 4.22. The van der Waals surface area contributed by atoms with Crippen LogP contribution in [-0.4, -0.2) is 42.6 Å². The fourth-order valence-corrected chi connectivity index (χ4v) is 3.19. The van der Waals surface area contributed by atoms with E-state index in [2.05, 4.69) is 4.90 Å². The summed E-state index contributed by atoms with van der Waals surface area (Å²) >= 11 is 0. The molecule has 19 heavy (non-hydrogen) atoms. The number of nitrogens with zero attached hydrogens (tertiary/aromatic N) is 1. The zero-order chi connectivity index (χ0) is 13.2. The van der Waals surface area contributed by atoms with E-state index in [1.807, 2.05) is 24.3 Å². The molecule has 0 amide bonds. The average molecular weight is 263 g/mol. The summed E-state index contributed by atoms with van der Waals surface area (Å²) in [5.41, 5.74) is 1.10. The largest absolute Gasteiger partial charge is 0.497 e. The normalized spacial score (nSPS) is 31.8. The molecule has 2 saturated heterocycles. The summed E-state index contributed by atoms with van der Waals surface area (Å²) in [7, 11) is 1.66. The number of aliphatic hydroxyl groups excluding tert-OH is 1. The first-order valence-corrected chi connectivity index (χ1v) is 6.99. The van der Waals surface area contributed by atoms with Crippen molar-refractivity contribution < 1.29 is 14.6 Å². The van der Waals surface area contributed by atoms with Crippen molar-refractivity contribution in [1.82, 2.24) is 4.90 Å². The molecule has 2 aliphatic rings. The summed E-state index contributed by atoms with van der Waals surface area (Å²) < 4.78 is 10.7. The standard InChI is InChI=1S/C15H21NO3/c1-18-13-7-5-11(6-8-13)14-15(17)19-10-12-4-2-3-9-16(12)14/h5-8,12,14-15,17H,2-4,9-10H2,1H3. The lowest BCUT2D eigenvalue weighted by Gasteiger charge is -2.47. The molecule has 2 heterocycles. The average Bonchev–Trinajstić information content (AvgIpc) is 2.47. The Labute approximate surface area is 113 Å². The van der Waals surface area contributed by atoms with E-state index < -0.39 is 6.29 Å². The number of rotatable bonds is 2. The van der Waals surface area contributed by atoms with Crippen molar-refractivity contribution in [1.29, 1.82) is 0 Å². The van der Waals surface area contributed by atoms with Crippen molar-refractivity contribution in [2.75, 3.05) is 20.3 Å². The van der Waals surface area contributed by atoms with Crippen LogP contribution in [0.2, 0.25) is 0 Å². The minimum absolute atomic E-state index is 0.0510. The molecule has 4 nitrogen and oxygen atoms in total. The van der Waals surface area contributed by atoms with E-state index in [-0.39, 0.29) is 6.04 Å². The molecule has 3 atom stereocenters. The Morgan fingerprint density at radius 2 is 2.05 bits per heavy atom. The first kappa shape index (κ1) is 12.9. The summed E-state index contributed by atoms with van der Waals surface area (Å²) in [4.78, 5) is 2.40. The molecule has 2 aliphatic heterocycles. The number of morpholine rings is 1. The summed E-state index contributed by atoms with van der Waals surface area (Å²) in [6, 6.07) is 8.32. The van der Waals surface area contributed by atoms with Crippen molar-refractivity contribution in [3.05, 3.63) is 29.8 Å². The number of hydrogen-bond donors (Lipinski definition) is 1. The third kappa shape index (κ3) is 2.48. The van der Waals surface area contributed by atoms with E-state index >= 15 is 0 Å². The Kier molecular flexibility index (Phi) is 3.73. The van der Waals surface area contributed by atoms with Crippen LogP contribution < -0.4 is 4.74 Å². The van der Waals surface area contributed by atoms with Gasteiger partial charge >= 0.3 is 0 Å². The Bertz CT molecular complexity index is 420. The fraction of sp³-hybridized carbons (Fsp3) is 0.600. The number of piperidine rings is 1. The second-order valence-electron chi connectivity index (χ2n) is 5.33. The summed E-state index contributed by atoms with van der Waals surface area (Å²) in [6.07, 6.45) is 2.90. The molecular formula is C15H21NO3. The second kappa shape index (κ2) is 5.49. The van der Waals surface area contributed by atoms with E-state index in [1.165, 1.54) is 19.3 Å². The van der Waals surface area contributed by atoms with Crippen molar-refractivity contribution in [2.45, 2.75) is 37.6 Å². The topological polar surface area (TPSA) is 41.9 Å². The maximum absolute atomic E-state index is 10.2. The lowest BCUT2D eigenvalue weighted by Crippen LogP contribution is -2.53. The molecule has 4 heteroatoms. The van der Waals surface area contributed by atoms with Gasteiger partial charge in [0.25, 0.3) is 0 Å². The van der Waals surface area contributed by atoms with Crippen LogP contribution in [0.4, 0.5) is 0 Å². The van der Waals surface area contributed by atoms with E-state index in [4.69, 9.17) is 9.47 Å². The Balaban J connectivity index is 1.86. The van der Waals surface area contributed by atoms with Gasteiger partial charge in [0.05, 0.1) is 19.8 Å². The van der Waals surface area contributed by atoms with Gasteiger partial charge in [-0.05, 0) is 37.1 Å². The minimum Gasteiger partial charge on any atom is -0.497 e. The highest BCUT2D eigenvalue weighted by molar-refractivity contribution is 5.30. The Morgan fingerprint density at radius 1 is 1.26 bits per heavy atom. The highest BCUT2D eigenvalue weighted by atomic mass is 16.6. The molecular weight excluding hydrogens is 242 g/mol. The Morgan fingerprint density at radius 3 is 2.79 bits per heavy atom.